The summed E-state index contributed by atoms with van der Waals surface area (Å²) in [6.45, 7) is 10.2. The predicted molar refractivity (Wildman–Crippen MR) is 75.2 cm³/mol. The summed E-state index contributed by atoms with van der Waals surface area (Å²) in [5, 5.41) is 12.9. The van der Waals surface area contributed by atoms with E-state index >= 15 is 0 Å². The topological polar surface area (TPSA) is 50.7 Å². The van der Waals surface area contributed by atoms with Crippen molar-refractivity contribution in [3.05, 3.63) is 0 Å². The second-order valence-electron chi connectivity index (χ2n) is 6.71. The Hall–Kier alpha value is -0.160. The number of nitrogens with one attached hydrogen (secondary N) is 1. The van der Waals surface area contributed by atoms with E-state index in [1.807, 2.05) is 0 Å². The van der Waals surface area contributed by atoms with Crippen LogP contribution in [0.1, 0.15) is 40.0 Å². The molecule has 0 aromatic carbocycles. The van der Waals surface area contributed by atoms with Crippen molar-refractivity contribution in [2.75, 3.05) is 33.0 Å². The van der Waals surface area contributed by atoms with Crippen LogP contribution in [-0.2, 0) is 9.47 Å². The first-order chi connectivity index (χ1) is 9.04. The Labute approximate surface area is 116 Å². The van der Waals surface area contributed by atoms with Crippen molar-refractivity contribution in [1.29, 1.82) is 0 Å². The highest BCUT2D eigenvalue weighted by atomic mass is 16.5. The molecule has 19 heavy (non-hydrogen) atoms. The van der Waals surface area contributed by atoms with Gasteiger partial charge < -0.3 is 19.9 Å². The molecule has 2 fully saturated rings. The van der Waals surface area contributed by atoms with Crippen molar-refractivity contribution in [3.63, 3.8) is 0 Å². The molecule has 2 rings (SSSR count). The summed E-state index contributed by atoms with van der Waals surface area (Å²) in [7, 11) is 0. The van der Waals surface area contributed by atoms with Gasteiger partial charge in [0.05, 0.1) is 12.7 Å². The molecule has 0 amide bonds. The molecule has 3 atom stereocenters. The molecule has 3 unspecified atom stereocenters. The van der Waals surface area contributed by atoms with E-state index in [1.165, 1.54) is 0 Å². The number of aliphatic hydroxyl groups is 1. The largest absolute Gasteiger partial charge is 0.396 e. The van der Waals surface area contributed by atoms with Crippen molar-refractivity contribution >= 4 is 0 Å². The Bertz CT molecular complexity index is 287. The zero-order valence-corrected chi connectivity index (χ0v) is 12.6. The van der Waals surface area contributed by atoms with Crippen LogP contribution < -0.4 is 5.32 Å². The summed E-state index contributed by atoms with van der Waals surface area (Å²) in [5.74, 6) is 0. The molecule has 0 radical (unpaired) electrons. The average molecular weight is 271 g/mol. The summed E-state index contributed by atoms with van der Waals surface area (Å²) in [4.78, 5) is 0. The highest BCUT2D eigenvalue weighted by Gasteiger charge is 2.49. The Morgan fingerprint density at radius 1 is 1.42 bits per heavy atom. The Balaban J connectivity index is 1.82. The third-order valence-corrected chi connectivity index (χ3v) is 5.10. The lowest BCUT2D eigenvalue weighted by atomic mass is 9.64. The molecular weight excluding hydrogens is 242 g/mol. The first kappa shape index (κ1) is 15.2. The summed E-state index contributed by atoms with van der Waals surface area (Å²) in [6.07, 6.45) is 3.37. The van der Waals surface area contributed by atoms with E-state index in [0.717, 1.165) is 45.6 Å². The number of hydrogen-bond acceptors (Lipinski definition) is 4. The highest BCUT2D eigenvalue weighted by Crippen LogP contribution is 2.43. The monoisotopic (exact) mass is 271 g/mol. The van der Waals surface area contributed by atoms with Crippen LogP contribution in [0.15, 0.2) is 0 Å². The smallest absolute Gasteiger partial charge is 0.0655 e. The van der Waals surface area contributed by atoms with Gasteiger partial charge in [-0.3, -0.25) is 0 Å². The maximum absolute atomic E-state index is 9.24. The van der Waals surface area contributed by atoms with Crippen LogP contribution in [0.3, 0.4) is 0 Å². The highest BCUT2D eigenvalue weighted by molar-refractivity contribution is 5.03. The number of rotatable bonds is 7. The molecule has 112 valence electrons. The summed E-state index contributed by atoms with van der Waals surface area (Å²) in [5.41, 5.74) is 0.345. The van der Waals surface area contributed by atoms with Gasteiger partial charge in [-0.05, 0) is 26.2 Å². The minimum atomic E-state index is 0.140. The second kappa shape index (κ2) is 6.08. The van der Waals surface area contributed by atoms with Gasteiger partial charge in [0.1, 0.15) is 0 Å². The molecule has 1 aliphatic carbocycles. The van der Waals surface area contributed by atoms with E-state index in [-0.39, 0.29) is 17.4 Å². The Kier molecular flexibility index (Phi) is 4.88. The molecule has 1 aliphatic heterocycles. The van der Waals surface area contributed by atoms with Crippen LogP contribution in [0.5, 0.6) is 0 Å². The quantitative estimate of drug-likeness (QED) is 0.738. The summed E-state index contributed by atoms with van der Waals surface area (Å²) < 4.78 is 11.3. The fourth-order valence-corrected chi connectivity index (χ4v) is 3.37. The maximum Gasteiger partial charge on any atom is 0.0655 e. The first-order valence-electron chi connectivity index (χ1n) is 7.58. The number of ether oxygens (including phenoxy) is 2. The van der Waals surface area contributed by atoms with Gasteiger partial charge in [-0.2, -0.15) is 0 Å². The van der Waals surface area contributed by atoms with Gasteiger partial charge in [-0.15, -0.1) is 0 Å². The molecule has 0 aromatic heterocycles. The van der Waals surface area contributed by atoms with Gasteiger partial charge in [-0.1, -0.05) is 13.8 Å². The zero-order valence-electron chi connectivity index (χ0n) is 12.6. The molecular formula is C15H29NO3. The lowest BCUT2D eigenvalue weighted by Crippen LogP contribution is -2.62. The average Bonchev–Trinajstić information content (AvgIpc) is 2.82. The van der Waals surface area contributed by atoms with E-state index in [0.29, 0.717) is 12.1 Å². The van der Waals surface area contributed by atoms with E-state index in [2.05, 4.69) is 26.1 Å². The van der Waals surface area contributed by atoms with E-state index in [9.17, 15) is 5.11 Å². The van der Waals surface area contributed by atoms with Gasteiger partial charge in [0.15, 0.2) is 0 Å². The van der Waals surface area contributed by atoms with E-state index in [4.69, 9.17) is 9.47 Å². The molecule has 2 aliphatic rings. The van der Waals surface area contributed by atoms with Gasteiger partial charge in [0, 0.05) is 43.2 Å². The SMILES string of the molecule is CCOC1CC(NCC2(CCO)CCOC2)C1(C)C. The van der Waals surface area contributed by atoms with Crippen molar-refractivity contribution in [3.8, 4) is 0 Å². The fraction of sp³-hybridized carbons (Fsp3) is 1.00. The lowest BCUT2D eigenvalue weighted by molar-refractivity contribution is -0.116. The standard InChI is InChI=1S/C15H29NO3/c1-4-19-13-9-12(14(13,2)3)16-10-15(5-7-17)6-8-18-11-15/h12-13,16-17H,4-11H2,1-3H3. The Morgan fingerprint density at radius 3 is 2.74 bits per heavy atom. The molecule has 0 aromatic rings. The van der Waals surface area contributed by atoms with Crippen LogP contribution in [0.4, 0.5) is 0 Å². The van der Waals surface area contributed by atoms with Crippen LogP contribution >= 0.6 is 0 Å². The zero-order chi connectivity index (χ0) is 13.9. The maximum atomic E-state index is 9.24. The molecule has 2 N–H and O–H groups in total. The summed E-state index contributed by atoms with van der Waals surface area (Å²) in [6, 6.07) is 0.514. The number of hydrogen-bond donors (Lipinski definition) is 2. The van der Waals surface area contributed by atoms with Crippen LogP contribution in [-0.4, -0.2) is 50.2 Å². The normalized spacial score (nSPS) is 37.3. The molecule has 1 saturated carbocycles. The van der Waals surface area contributed by atoms with Crippen LogP contribution in [0.2, 0.25) is 0 Å². The van der Waals surface area contributed by atoms with Gasteiger partial charge >= 0.3 is 0 Å². The van der Waals surface area contributed by atoms with Gasteiger partial charge in [0.25, 0.3) is 0 Å². The molecule has 1 saturated heterocycles. The third kappa shape index (κ3) is 3.13. The molecule has 0 spiro atoms. The molecule has 4 heteroatoms. The Morgan fingerprint density at radius 2 is 2.21 bits per heavy atom. The first-order valence-corrected chi connectivity index (χ1v) is 7.58. The summed E-state index contributed by atoms with van der Waals surface area (Å²) >= 11 is 0. The van der Waals surface area contributed by atoms with Crippen molar-refractivity contribution in [2.45, 2.75) is 52.2 Å². The lowest BCUT2D eigenvalue weighted by Gasteiger charge is -2.52. The fourth-order valence-electron chi connectivity index (χ4n) is 3.37. The minimum Gasteiger partial charge on any atom is -0.396 e. The third-order valence-electron chi connectivity index (χ3n) is 5.10. The van der Waals surface area contributed by atoms with Crippen LogP contribution in [0, 0.1) is 10.8 Å². The molecule has 0 bridgehead atoms. The van der Waals surface area contributed by atoms with E-state index in [1.54, 1.807) is 0 Å². The molecule has 4 nitrogen and oxygen atoms in total. The second-order valence-corrected chi connectivity index (χ2v) is 6.71. The van der Waals surface area contributed by atoms with Gasteiger partial charge in [0.2, 0.25) is 0 Å². The van der Waals surface area contributed by atoms with Crippen molar-refractivity contribution in [2.24, 2.45) is 10.8 Å². The molecule has 1 heterocycles. The van der Waals surface area contributed by atoms with Gasteiger partial charge in [-0.25, -0.2) is 0 Å². The van der Waals surface area contributed by atoms with Crippen LogP contribution in [0.25, 0.3) is 0 Å². The van der Waals surface area contributed by atoms with Crippen molar-refractivity contribution < 1.29 is 14.6 Å². The minimum absolute atomic E-state index is 0.140. The van der Waals surface area contributed by atoms with Crippen molar-refractivity contribution in [1.82, 2.24) is 5.32 Å². The predicted octanol–water partition coefficient (Wildman–Crippen LogP) is 1.57. The number of aliphatic hydroxyl groups excluding tert-OH is 1. The van der Waals surface area contributed by atoms with E-state index < -0.39 is 0 Å².